The van der Waals surface area contributed by atoms with Gasteiger partial charge in [0, 0.05) is 5.02 Å². The summed E-state index contributed by atoms with van der Waals surface area (Å²) in [6.07, 6.45) is 0. The van der Waals surface area contributed by atoms with Crippen molar-refractivity contribution in [1.82, 2.24) is 9.97 Å². The van der Waals surface area contributed by atoms with E-state index in [1.54, 1.807) is 30.3 Å². The molecule has 1 heterocycles. The maximum Gasteiger partial charge on any atom is 0.346 e. The molecule has 2 atom stereocenters. The Morgan fingerprint density at radius 1 is 1.03 bits per heavy atom. The molecular weight excluding hydrogens is 546 g/mol. The fourth-order valence-corrected chi connectivity index (χ4v) is 6.99. The number of thioether (sulfide) groups is 1. The van der Waals surface area contributed by atoms with E-state index in [2.05, 4.69) is 9.97 Å². The third-order valence-corrected chi connectivity index (χ3v) is 9.51. The van der Waals surface area contributed by atoms with Crippen molar-refractivity contribution in [3.63, 3.8) is 0 Å². The summed E-state index contributed by atoms with van der Waals surface area (Å²) in [6.45, 7) is -0.264. The highest BCUT2D eigenvalue weighted by molar-refractivity contribution is 8.04. The van der Waals surface area contributed by atoms with Crippen molar-refractivity contribution in [2.24, 2.45) is 0 Å². The highest BCUT2D eigenvalue weighted by Gasteiger charge is 2.36. The molecule has 0 aliphatic heterocycles. The van der Waals surface area contributed by atoms with Gasteiger partial charge in [0.15, 0.2) is 16.7 Å². The number of halogens is 2. The topological polar surface area (TPSA) is 84.4 Å². The van der Waals surface area contributed by atoms with Gasteiger partial charge in [0.05, 0.1) is 24.8 Å². The van der Waals surface area contributed by atoms with Crippen LogP contribution in [0, 0.1) is 5.82 Å². The Labute approximate surface area is 228 Å². The molecule has 0 bridgehead atoms. The van der Waals surface area contributed by atoms with Gasteiger partial charge in [-0.15, -0.1) is 0 Å². The smallest absolute Gasteiger partial charge is 0.346 e. The second-order valence-electron chi connectivity index (χ2n) is 8.47. The Balaban J connectivity index is 1.49. The van der Waals surface area contributed by atoms with Crippen molar-refractivity contribution in [2.75, 3.05) is 7.11 Å². The maximum absolute atomic E-state index is 14.2. The summed E-state index contributed by atoms with van der Waals surface area (Å²) in [5.74, 6) is -0.499. The lowest BCUT2D eigenvalue weighted by atomic mass is 10.0. The molecule has 0 fully saturated rings. The quantitative estimate of drug-likeness (QED) is 0.138. The third kappa shape index (κ3) is 5.96. The molecule has 0 spiro atoms. The van der Waals surface area contributed by atoms with Crippen molar-refractivity contribution in [2.45, 2.75) is 16.8 Å². The third-order valence-electron chi connectivity index (χ3n) is 5.85. The number of ether oxygens (including phenoxy) is 1. The molecule has 1 aromatic heterocycles. The molecule has 0 saturated carbocycles. The first-order valence-corrected chi connectivity index (χ1v) is 14.5. The summed E-state index contributed by atoms with van der Waals surface area (Å²) in [4.78, 5) is 17.9. The Bertz CT molecular complexity index is 1630. The minimum atomic E-state index is -4.33. The monoisotopic (exact) mass is 568 g/mol. The van der Waals surface area contributed by atoms with E-state index < -0.39 is 18.4 Å². The molecule has 5 aromatic rings. The molecule has 0 radical (unpaired) electrons. The fourth-order valence-electron chi connectivity index (χ4n) is 3.98. The van der Waals surface area contributed by atoms with E-state index in [4.69, 9.17) is 20.9 Å². The molecule has 2 N–H and O–H groups in total. The summed E-state index contributed by atoms with van der Waals surface area (Å²) >= 11 is 7.20. The van der Waals surface area contributed by atoms with Crippen molar-refractivity contribution in [1.29, 1.82) is 0 Å². The van der Waals surface area contributed by atoms with Crippen LogP contribution in [0.2, 0.25) is 5.02 Å². The molecule has 194 valence electrons. The lowest BCUT2D eigenvalue weighted by Crippen LogP contribution is -2.02. The van der Waals surface area contributed by atoms with Gasteiger partial charge in [-0.2, -0.15) is 0 Å². The van der Waals surface area contributed by atoms with Crippen molar-refractivity contribution in [3.8, 4) is 16.9 Å². The van der Waals surface area contributed by atoms with Gasteiger partial charge in [0.2, 0.25) is 0 Å². The minimum Gasteiger partial charge on any atom is -0.494 e. The minimum absolute atomic E-state index is 0.0806. The van der Waals surface area contributed by atoms with E-state index in [1.165, 1.54) is 19.2 Å². The normalized spacial score (nSPS) is 13.8. The molecule has 10 heteroatoms. The van der Waals surface area contributed by atoms with E-state index in [0.29, 0.717) is 32.3 Å². The number of aromatic nitrogens is 2. The van der Waals surface area contributed by atoms with E-state index in [9.17, 15) is 13.8 Å². The highest BCUT2D eigenvalue weighted by atomic mass is 35.5. The van der Waals surface area contributed by atoms with Crippen LogP contribution in [0.25, 0.3) is 22.2 Å². The molecule has 5 rings (SSSR count). The van der Waals surface area contributed by atoms with Crippen LogP contribution in [0.1, 0.15) is 16.1 Å². The predicted octanol–water partition coefficient (Wildman–Crippen LogP) is 8.22. The maximum atomic E-state index is 14.2. The molecule has 0 amide bonds. The molecule has 38 heavy (non-hydrogen) atoms. The molecule has 0 saturated heterocycles. The standard InChI is InChI=1S/C28H23ClFN2O4PS/c1-35-26-13-10-18(14-23(26)30)17-36-37(33,34)27(38-28-31-24-12-11-22(29)16-25(24)32-28)21-9-5-8-20(15-21)19-6-3-2-4-7-19/h2-16,27H,17H2,1H3,(H,31,32)(H,33,34). The van der Waals surface area contributed by atoms with Crippen LogP contribution in [-0.2, 0) is 15.7 Å². The van der Waals surface area contributed by atoms with Crippen molar-refractivity contribution in [3.05, 3.63) is 113 Å². The molecular formula is C28H23ClFN2O4PS. The Morgan fingerprint density at radius 2 is 1.82 bits per heavy atom. The van der Waals surface area contributed by atoms with Gasteiger partial charge < -0.3 is 19.1 Å². The number of nitrogens with zero attached hydrogens (tertiary/aromatic N) is 1. The summed E-state index contributed by atoms with van der Waals surface area (Å²) in [6, 6.07) is 26.7. The van der Waals surface area contributed by atoms with Crippen LogP contribution in [-0.4, -0.2) is 22.0 Å². The van der Waals surface area contributed by atoms with Crippen LogP contribution >= 0.6 is 31.0 Å². The molecule has 6 nitrogen and oxygen atoms in total. The second-order valence-corrected chi connectivity index (χ2v) is 12.3. The van der Waals surface area contributed by atoms with E-state index >= 15 is 0 Å². The number of H-pyrrole nitrogens is 1. The summed E-state index contributed by atoms with van der Waals surface area (Å²) in [7, 11) is -2.96. The van der Waals surface area contributed by atoms with Crippen LogP contribution in [0.3, 0.4) is 0 Å². The lowest BCUT2D eigenvalue weighted by molar-refractivity contribution is 0.248. The summed E-state index contributed by atoms with van der Waals surface area (Å²) in [5.41, 5.74) is 4.23. The average molecular weight is 569 g/mol. The first kappa shape index (κ1) is 26.5. The van der Waals surface area contributed by atoms with Gasteiger partial charge in [-0.1, -0.05) is 78.0 Å². The Morgan fingerprint density at radius 3 is 2.58 bits per heavy atom. The second kappa shape index (κ2) is 11.3. The zero-order chi connectivity index (χ0) is 26.7. The SMILES string of the molecule is COc1ccc(COP(=O)(O)C(Sc2nc3ccc(Cl)cc3[nH]2)c2cccc(-c3ccccc3)c2)cc1F. The van der Waals surface area contributed by atoms with Gasteiger partial charge in [0.1, 0.15) is 4.99 Å². The zero-order valence-corrected chi connectivity index (χ0v) is 22.6. The summed E-state index contributed by atoms with van der Waals surface area (Å²) < 4.78 is 38.5. The number of rotatable bonds is 9. The van der Waals surface area contributed by atoms with Crippen molar-refractivity contribution >= 4 is 42.0 Å². The number of fused-ring (bicyclic) bond motifs is 1. The average Bonchev–Trinajstić information content (AvgIpc) is 3.33. The number of hydrogen-bond donors (Lipinski definition) is 2. The first-order chi connectivity index (χ1) is 18.3. The Hall–Kier alpha value is -3.13. The Kier molecular flexibility index (Phi) is 7.88. The number of imidazole rings is 1. The molecule has 0 aliphatic rings. The van der Waals surface area contributed by atoms with E-state index in [1.807, 2.05) is 48.5 Å². The number of benzene rings is 4. The number of hydrogen-bond acceptors (Lipinski definition) is 5. The highest BCUT2D eigenvalue weighted by Crippen LogP contribution is 2.63. The fraction of sp³-hybridized carbons (Fsp3) is 0.107. The van der Waals surface area contributed by atoms with Gasteiger partial charge in [-0.05, 0) is 58.7 Å². The first-order valence-electron chi connectivity index (χ1n) is 11.6. The number of aromatic amines is 1. The summed E-state index contributed by atoms with van der Waals surface area (Å²) in [5, 5.41) is 0.985. The van der Waals surface area contributed by atoms with Crippen LogP contribution < -0.4 is 4.74 Å². The number of nitrogens with one attached hydrogen (secondary N) is 1. The zero-order valence-electron chi connectivity index (χ0n) is 20.2. The van der Waals surface area contributed by atoms with Gasteiger partial charge in [-0.3, -0.25) is 4.57 Å². The lowest BCUT2D eigenvalue weighted by Gasteiger charge is -2.22. The van der Waals surface area contributed by atoms with Crippen LogP contribution in [0.4, 0.5) is 4.39 Å². The molecule has 2 unspecified atom stereocenters. The van der Waals surface area contributed by atoms with Gasteiger partial charge >= 0.3 is 7.60 Å². The van der Waals surface area contributed by atoms with E-state index in [-0.39, 0.29) is 12.4 Å². The van der Waals surface area contributed by atoms with Gasteiger partial charge in [0.25, 0.3) is 0 Å². The van der Waals surface area contributed by atoms with Crippen LogP contribution in [0.5, 0.6) is 5.75 Å². The number of methoxy groups -OCH3 is 1. The van der Waals surface area contributed by atoms with Gasteiger partial charge in [-0.25, -0.2) is 9.37 Å². The predicted molar refractivity (Wildman–Crippen MR) is 149 cm³/mol. The van der Waals surface area contributed by atoms with E-state index in [0.717, 1.165) is 22.9 Å². The largest absolute Gasteiger partial charge is 0.494 e. The van der Waals surface area contributed by atoms with Crippen molar-refractivity contribution < 1.29 is 23.1 Å². The molecule has 0 aliphatic carbocycles. The molecule has 4 aromatic carbocycles. The van der Waals surface area contributed by atoms with Crippen LogP contribution in [0.15, 0.2) is 96.2 Å².